The number of rotatable bonds is 7. The number of para-hydroxylation sites is 1. The fourth-order valence-electron chi connectivity index (χ4n) is 3.19. The second kappa shape index (κ2) is 9.73. The van der Waals surface area contributed by atoms with Crippen molar-refractivity contribution >= 4 is 45.0 Å². The molecule has 0 radical (unpaired) electrons. The lowest BCUT2D eigenvalue weighted by Gasteiger charge is -2.20. The first kappa shape index (κ1) is 21.8. The molecule has 0 unspecified atom stereocenters. The van der Waals surface area contributed by atoms with Crippen molar-refractivity contribution in [3.8, 4) is 5.75 Å². The van der Waals surface area contributed by atoms with Crippen LogP contribution in [0.2, 0.25) is 0 Å². The Morgan fingerprint density at radius 1 is 1.20 bits per heavy atom. The zero-order chi connectivity index (χ0) is 20.2. The second-order valence-electron chi connectivity index (χ2n) is 6.76. The van der Waals surface area contributed by atoms with Gasteiger partial charge in [-0.2, -0.15) is 0 Å². The van der Waals surface area contributed by atoms with Gasteiger partial charge in [-0.1, -0.05) is 23.5 Å². The van der Waals surface area contributed by atoms with E-state index in [-0.39, 0.29) is 18.3 Å². The largest absolute Gasteiger partial charge is 0.497 e. The van der Waals surface area contributed by atoms with E-state index in [2.05, 4.69) is 4.98 Å². The highest BCUT2D eigenvalue weighted by atomic mass is 35.5. The number of thiazole rings is 1. The van der Waals surface area contributed by atoms with Gasteiger partial charge in [0.05, 0.1) is 23.7 Å². The van der Waals surface area contributed by atoms with Crippen LogP contribution in [-0.4, -0.2) is 34.1 Å². The Kier molecular flexibility index (Phi) is 7.07. The summed E-state index contributed by atoms with van der Waals surface area (Å²) in [7, 11) is 1.61. The predicted octanol–water partition coefficient (Wildman–Crippen LogP) is 4.97. The van der Waals surface area contributed by atoms with Gasteiger partial charge in [-0.05, 0) is 49.2 Å². The van der Waals surface area contributed by atoms with E-state index in [0.29, 0.717) is 12.1 Å². The van der Waals surface area contributed by atoms with Gasteiger partial charge >= 0.3 is 0 Å². The number of benzene rings is 2. The highest BCUT2D eigenvalue weighted by Crippen LogP contribution is 2.31. The molecule has 0 saturated heterocycles. The maximum Gasteiger partial charge on any atom is 0.260 e. The minimum Gasteiger partial charge on any atom is -0.497 e. The van der Waals surface area contributed by atoms with Crippen LogP contribution in [0, 0.1) is 6.92 Å². The maximum absolute atomic E-state index is 13.3. The van der Waals surface area contributed by atoms with Gasteiger partial charge in [-0.15, -0.1) is 12.4 Å². The number of hydrogen-bond donors (Lipinski definition) is 0. The Balaban J connectivity index is 0.00000256. The minimum atomic E-state index is -0.0602. The van der Waals surface area contributed by atoms with Crippen molar-refractivity contribution in [2.45, 2.75) is 19.9 Å². The Bertz CT molecular complexity index is 1110. The molecule has 156 valence electrons. The van der Waals surface area contributed by atoms with Crippen molar-refractivity contribution in [3.63, 3.8) is 0 Å². The van der Waals surface area contributed by atoms with Gasteiger partial charge in [-0.3, -0.25) is 9.69 Å². The first-order chi connectivity index (χ1) is 14.2. The predicted molar refractivity (Wildman–Crippen MR) is 123 cm³/mol. The Morgan fingerprint density at radius 3 is 2.67 bits per heavy atom. The molecular weight excluding hydrogens is 420 g/mol. The smallest absolute Gasteiger partial charge is 0.260 e. The number of aromatic nitrogens is 3. The number of halogens is 1. The number of anilines is 1. The second-order valence-corrected chi connectivity index (χ2v) is 7.77. The molecule has 30 heavy (non-hydrogen) atoms. The van der Waals surface area contributed by atoms with Crippen LogP contribution in [0.25, 0.3) is 10.2 Å². The molecule has 0 aliphatic heterocycles. The summed E-state index contributed by atoms with van der Waals surface area (Å²) >= 11 is 1.55. The van der Waals surface area contributed by atoms with Crippen LogP contribution in [0.5, 0.6) is 5.75 Å². The molecule has 0 atom stereocenters. The number of methoxy groups -OCH3 is 1. The summed E-state index contributed by atoms with van der Waals surface area (Å²) in [5.41, 5.74) is 2.68. The Morgan fingerprint density at radius 2 is 2.00 bits per heavy atom. The fraction of sp³-hybridized carbons (Fsp3) is 0.227. The van der Waals surface area contributed by atoms with Crippen molar-refractivity contribution < 1.29 is 9.53 Å². The quantitative estimate of drug-likeness (QED) is 0.405. The number of carbonyl (C=O) groups is 1. The van der Waals surface area contributed by atoms with E-state index in [1.54, 1.807) is 60.1 Å². The first-order valence-corrected chi connectivity index (χ1v) is 10.2. The molecule has 0 saturated carbocycles. The van der Waals surface area contributed by atoms with E-state index in [0.717, 1.165) is 39.6 Å². The third-order valence-electron chi connectivity index (χ3n) is 4.78. The van der Waals surface area contributed by atoms with E-state index in [1.165, 1.54) is 0 Å². The SMILES string of the molecule is COc1ccc(C(=O)N(CCCn2ccnc2)c2nc3c(C)cccc3s2)cc1.Cl. The van der Waals surface area contributed by atoms with Gasteiger partial charge in [-0.25, -0.2) is 9.97 Å². The van der Waals surface area contributed by atoms with Crippen LogP contribution in [0.1, 0.15) is 22.3 Å². The summed E-state index contributed by atoms with van der Waals surface area (Å²) in [5, 5.41) is 0.723. The molecule has 6 nitrogen and oxygen atoms in total. The van der Waals surface area contributed by atoms with Gasteiger partial charge in [0, 0.05) is 31.0 Å². The van der Waals surface area contributed by atoms with E-state index in [1.807, 2.05) is 35.9 Å². The van der Waals surface area contributed by atoms with Crippen LogP contribution >= 0.6 is 23.7 Å². The highest BCUT2D eigenvalue weighted by molar-refractivity contribution is 7.22. The molecule has 0 aliphatic rings. The molecule has 2 aromatic carbocycles. The molecule has 0 aliphatic carbocycles. The molecule has 2 heterocycles. The van der Waals surface area contributed by atoms with Crippen LogP contribution < -0.4 is 9.64 Å². The van der Waals surface area contributed by atoms with Crippen molar-refractivity contribution in [2.75, 3.05) is 18.6 Å². The lowest BCUT2D eigenvalue weighted by atomic mass is 10.2. The summed E-state index contributed by atoms with van der Waals surface area (Å²) in [6.07, 6.45) is 6.27. The van der Waals surface area contributed by atoms with Gasteiger partial charge < -0.3 is 9.30 Å². The first-order valence-electron chi connectivity index (χ1n) is 9.43. The summed E-state index contributed by atoms with van der Waals surface area (Å²) in [5.74, 6) is 0.666. The summed E-state index contributed by atoms with van der Waals surface area (Å²) in [4.78, 5) is 24.0. The zero-order valence-electron chi connectivity index (χ0n) is 16.8. The topological polar surface area (TPSA) is 60.2 Å². The van der Waals surface area contributed by atoms with Crippen molar-refractivity contribution in [3.05, 3.63) is 72.3 Å². The van der Waals surface area contributed by atoms with E-state index < -0.39 is 0 Å². The molecule has 0 spiro atoms. The minimum absolute atomic E-state index is 0. The number of imidazole rings is 1. The Labute approximate surface area is 185 Å². The molecule has 0 N–H and O–H groups in total. The molecule has 0 fully saturated rings. The average Bonchev–Trinajstić information content (AvgIpc) is 3.41. The molecule has 4 aromatic rings. The van der Waals surface area contributed by atoms with Gasteiger partial charge in [0.2, 0.25) is 0 Å². The van der Waals surface area contributed by atoms with Gasteiger partial charge in [0.1, 0.15) is 5.75 Å². The number of amides is 1. The van der Waals surface area contributed by atoms with E-state index in [4.69, 9.17) is 9.72 Å². The number of carbonyl (C=O) groups excluding carboxylic acids is 1. The lowest BCUT2D eigenvalue weighted by Crippen LogP contribution is -2.32. The van der Waals surface area contributed by atoms with Crippen molar-refractivity contribution in [1.29, 1.82) is 0 Å². The zero-order valence-corrected chi connectivity index (χ0v) is 18.4. The highest BCUT2D eigenvalue weighted by Gasteiger charge is 2.21. The molecule has 1 amide bonds. The third kappa shape index (κ3) is 4.63. The monoisotopic (exact) mass is 442 g/mol. The molecular formula is C22H23ClN4O2S. The number of fused-ring (bicyclic) bond motifs is 1. The third-order valence-corrected chi connectivity index (χ3v) is 5.82. The summed E-state index contributed by atoms with van der Waals surface area (Å²) in [6.45, 7) is 3.40. The Hall–Kier alpha value is -2.90. The van der Waals surface area contributed by atoms with Crippen LogP contribution in [0.3, 0.4) is 0 Å². The van der Waals surface area contributed by atoms with Crippen LogP contribution in [0.15, 0.2) is 61.2 Å². The fourth-order valence-corrected chi connectivity index (χ4v) is 4.26. The summed E-state index contributed by atoms with van der Waals surface area (Å²) in [6, 6.07) is 13.3. The molecule has 2 aromatic heterocycles. The molecule has 0 bridgehead atoms. The summed E-state index contributed by atoms with van der Waals surface area (Å²) < 4.78 is 8.31. The standard InChI is InChI=1S/C22H22N4O2S.ClH/c1-16-5-3-6-19-20(16)24-22(29-19)26(13-4-12-25-14-11-23-15-25)21(27)17-7-9-18(28-2)10-8-17;/h3,5-11,14-15H,4,12-13H2,1-2H3;1H. The average molecular weight is 443 g/mol. The van der Waals surface area contributed by atoms with Crippen molar-refractivity contribution in [1.82, 2.24) is 14.5 Å². The number of nitrogens with zero attached hydrogens (tertiary/aromatic N) is 4. The van der Waals surface area contributed by atoms with Gasteiger partial charge in [0.15, 0.2) is 5.13 Å². The van der Waals surface area contributed by atoms with Crippen molar-refractivity contribution in [2.24, 2.45) is 0 Å². The molecule has 4 rings (SSSR count). The maximum atomic E-state index is 13.3. The van der Waals surface area contributed by atoms with Crippen LogP contribution in [0.4, 0.5) is 5.13 Å². The number of hydrogen-bond acceptors (Lipinski definition) is 5. The van der Waals surface area contributed by atoms with Crippen LogP contribution in [-0.2, 0) is 6.54 Å². The van der Waals surface area contributed by atoms with E-state index in [9.17, 15) is 4.79 Å². The van der Waals surface area contributed by atoms with E-state index >= 15 is 0 Å². The number of ether oxygens (including phenoxy) is 1. The number of aryl methyl sites for hydroxylation is 2. The lowest BCUT2D eigenvalue weighted by molar-refractivity contribution is 0.0986. The normalized spacial score (nSPS) is 10.6. The molecule has 8 heteroatoms. The van der Waals surface area contributed by atoms with Gasteiger partial charge in [0.25, 0.3) is 5.91 Å².